The van der Waals surface area contributed by atoms with E-state index >= 15 is 8.78 Å². The van der Waals surface area contributed by atoms with E-state index in [1.165, 1.54) is 47.8 Å². The largest absolute Gasteiger partial charge is 0.469 e. The van der Waals surface area contributed by atoms with Gasteiger partial charge in [0.15, 0.2) is 17.3 Å². The van der Waals surface area contributed by atoms with E-state index in [0.717, 1.165) is 29.1 Å². The number of imidazole rings is 1. The summed E-state index contributed by atoms with van der Waals surface area (Å²) in [5.41, 5.74) is -2.94. The number of ether oxygens (including phenoxy) is 1. The number of carbonyl (C=O) groups excluding carboxylic acids is 1. The van der Waals surface area contributed by atoms with Crippen LogP contribution in [-0.4, -0.2) is 55.8 Å². The fraction of sp³-hybridized carbons (Fsp3) is 0.308. The predicted molar refractivity (Wildman–Crippen MR) is 214 cm³/mol. The number of aromatic nitrogens is 9. The number of aryl methyl sites for hydroxylation is 1. The molecule has 2 aromatic carbocycles. The highest BCUT2D eigenvalue weighted by atomic mass is 35.5. The molecule has 0 bridgehead atoms. The third-order valence-electron chi connectivity index (χ3n) is 10.4. The summed E-state index contributed by atoms with van der Waals surface area (Å²) < 4.78 is 128. The molecule has 1 aliphatic carbocycles. The smallest absolute Gasteiger partial charge is 0.320 e. The third kappa shape index (κ3) is 8.02. The molecule has 8 rings (SSSR count). The van der Waals surface area contributed by atoms with Crippen molar-refractivity contribution in [2.75, 3.05) is 11.0 Å². The van der Waals surface area contributed by atoms with Crippen LogP contribution >= 0.6 is 23.5 Å². The zero-order valence-electron chi connectivity index (χ0n) is 32.9. The molecule has 330 valence electrons. The van der Waals surface area contributed by atoms with Crippen molar-refractivity contribution in [3.63, 3.8) is 0 Å². The number of nitrogens with one attached hydrogen (secondary N) is 2. The van der Waals surface area contributed by atoms with Gasteiger partial charge in [-0.1, -0.05) is 30.5 Å². The standard InChI is InChI=1S/C39H32ClF8N11O3S/c1-17-10-22-30(33(43)44)53-58(32(22)39(17,47)48)15-27(60)50-24(13-18-11-19(41)14-20(42)12-18)36-52-34-21(4-7-28(51-34)62-16-26-49-8-9-57(26)38(45)46)37(61)59(36)25-6-5-23(40)29-31(25)56(2)54-35(29)55-63-3/h4-9,11-12,14,17,24,33,38H,10,13,15-16H2,1-3H3,(H,50,60)(H,54,55). The van der Waals surface area contributed by atoms with Gasteiger partial charge in [0.25, 0.3) is 17.9 Å². The summed E-state index contributed by atoms with van der Waals surface area (Å²) in [5, 5.41) is 11.3. The number of pyridine rings is 1. The van der Waals surface area contributed by atoms with Crippen LogP contribution < -0.4 is 20.3 Å². The van der Waals surface area contributed by atoms with E-state index in [1.807, 2.05) is 0 Å². The first-order valence-electron chi connectivity index (χ1n) is 18.8. The first-order chi connectivity index (χ1) is 30.0. The number of carbonyl (C=O) groups is 1. The Balaban J connectivity index is 1.31. The molecule has 2 unspecified atom stereocenters. The highest BCUT2D eigenvalue weighted by molar-refractivity contribution is 7.99. The number of alkyl halides is 6. The fourth-order valence-electron chi connectivity index (χ4n) is 7.69. The average molecular weight is 922 g/mol. The summed E-state index contributed by atoms with van der Waals surface area (Å²) in [7, 11) is 1.57. The van der Waals surface area contributed by atoms with Gasteiger partial charge in [-0.15, -0.1) is 0 Å². The summed E-state index contributed by atoms with van der Waals surface area (Å²) >= 11 is 7.88. The normalized spacial score (nSPS) is 15.2. The van der Waals surface area contributed by atoms with Crippen LogP contribution in [0.3, 0.4) is 0 Å². The number of fused-ring (bicyclic) bond motifs is 3. The lowest BCUT2D eigenvalue weighted by molar-refractivity contribution is -0.123. The van der Waals surface area contributed by atoms with Crippen molar-refractivity contribution in [2.45, 2.75) is 57.9 Å². The Morgan fingerprint density at radius 1 is 1.06 bits per heavy atom. The molecule has 5 heterocycles. The van der Waals surface area contributed by atoms with Crippen LogP contribution in [0.2, 0.25) is 5.02 Å². The molecule has 1 aliphatic rings. The van der Waals surface area contributed by atoms with Crippen LogP contribution in [0.4, 0.5) is 40.9 Å². The van der Waals surface area contributed by atoms with E-state index in [9.17, 15) is 35.9 Å². The topological polar surface area (TPSA) is 152 Å². The summed E-state index contributed by atoms with van der Waals surface area (Å²) in [6.07, 6.45) is -0.227. The van der Waals surface area contributed by atoms with Crippen LogP contribution in [0, 0.1) is 17.6 Å². The average Bonchev–Trinajstić information content (AvgIpc) is 3.97. The maximum Gasteiger partial charge on any atom is 0.320 e. The first kappa shape index (κ1) is 43.4. The molecule has 0 aliphatic heterocycles. The SMILES string of the molecule is CSNc1nn(C)c2c(-n3c(C(Cc4cc(F)cc(F)c4)NC(=O)Cn4nc(C(F)F)c5c4C(F)(F)C(C)C5)nc4nc(OCc5nccn5C(F)F)ccc4c3=O)ccc(Cl)c12. The van der Waals surface area contributed by atoms with Crippen molar-refractivity contribution in [1.82, 2.24) is 49.0 Å². The number of amides is 1. The van der Waals surface area contributed by atoms with E-state index in [4.69, 9.17) is 21.3 Å². The van der Waals surface area contributed by atoms with E-state index in [-0.39, 0.29) is 55.9 Å². The van der Waals surface area contributed by atoms with Crippen molar-refractivity contribution in [3.05, 3.63) is 116 Å². The summed E-state index contributed by atoms with van der Waals surface area (Å²) in [5.74, 6) is -8.47. The van der Waals surface area contributed by atoms with Gasteiger partial charge in [0.05, 0.1) is 33.0 Å². The number of hydrogen-bond donors (Lipinski definition) is 2. The molecule has 0 fully saturated rings. The Labute approximate surface area is 359 Å². The van der Waals surface area contributed by atoms with E-state index in [1.54, 1.807) is 13.3 Å². The van der Waals surface area contributed by atoms with E-state index in [2.05, 4.69) is 30.2 Å². The maximum atomic E-state index is 15.5. The molecule has 0 saturated carbocycles. The number of nitrogens with zero attached hydrogens (tertiary/aromatic N) is 9. The van der Waals surface area contributed by atoms with Gasteiger partial charge in [0, 0.05) is 55.7 Å². The molecule has 5 aromatic heterocycles. The van der Waals surface area contributed by atoms with Gasteiger partial charge in [-0.2, -0.15) is 32.7 Å². The highest BCUT2D eigenvalue weighted by Crippen LogP contribution is 2.48. The lowest BCUT2D eigenvalue weighted by Gasteiger charge is -2.24. The molecule has 0 radical (unpaired) electrons. The zero-order chi connectivity index (χ0) is 45.1. The minimum atomic E-state index is -3.63. The Hall–Kier alpha value is -6.23. The van der Waals surface area contributed by atoms with Crippen molar-refractivity contribution in [1.29, 1.82) is 0 Å². The van der Waals surface area contributed by atoms with Gasteiger partial charge in [-0.05, 0) is 42.3 Å². The van der Waals surface area contributed by atoms with Gasteiger partial charge in [0.2, 0.25) is 11.8 Å². The molecule has 24 heteroatoms. The number of benzene rings is 2. The minimum absolute atomic E-state index is 0.0631. The molecule has 2 N–H and O–H groups in total. The minimum Gasteiger partial charge on any atom is -0.469 e. The fourth-order valence-corrected chi connectivity index (χ4v) is 8.27. The lowest BCUT2D eigenvalue weighted by Crippen LogP contribution is -2.38. The Kier molecular flexibility index (Phi) is 11.6. The van der Waals surface area contributed by atoms with Crippen LogP contribution in [0.5, 0.6) is 5.88 Å². The lowest BCUT2D eigenvalue weighted by atomic mass is 10.0. The number of anilines is 1. The Bertz CT molecular complexity index is 2950. The molecule has 14 nitrogen and oxygen atoms in total. The molecule has 63 heavy (non-hydrogen) atoms. The number of halogens is 9. The van der Waals surface area contributed by atoms with Crippen LogP contribution in [0.15, 0.2) is 59.7 Å². The Morgan fingerprint density at radius 2 is 1.81 bits per heavy atom. The van der Waals surface area contributed by atoms with E-state index in [0.29, 0.717) is 26.5 Å². The van der Waals surface area contributed by atoms with Crippen LogP contribution in [0.25, 0.3) is 27.6 Å². The molecule has 2 atom stereocenters. The van der Waals surface area contributed by atoms with Crippen molar-refractivity contribution in [3.8, 4) is 11.6 Å². The van der Waals surface area contributed by atoms with Gasteiger partial charge in [-0.25, -0.2) is 27.5 Å². The Morgan fingerprint density at radius 3 is 2.51 bits per heavy atom. The highest BCUT2D eigenvalue weighted by Gasteiger charge is 2.51. The van der Waals surface area contributed by atoms with Crippen LogP contribution in [0.1, 0.15) is 60.1 Å². The molecule has 7 aromatic rings. The molecular weight excluding hydrogens is 890 g/mol. The molecule has 0 spiro atoms. The molecule has 1 amide bonds. The molecular formula is C39H32ClF8N11O3S. The van der Waals surface area contributed by atoms with Gasteiger partial charge in [0.1, 0.15) is 42.0 Å². The van der Waals surface area contributed by atoms with Crippen molar-refractivity contribution < 1.29 is 44.7 Å². The summed E-state index contributed by atoms with van der Waals surface area (Å²) in [6.45, 7) is -3.26. The second-order valence-electron chi connectivity index (χ2n) is 14.5. The third-order valence-corrected chi connectivity index (χ3v) is 11.1. The van der Waals surface area contributed by atoms with E-state index < -0.39 is 91.3 Å². The second kappa shape index (κ2) is 16.8. The quantitative estimate of drug-likeness (QED) is 0.0812. The van der Waals surface area contributed by atoms with Crippen LogP contribution in [-0.2, 0) is 43.8 Å². The van der Waals surface area contributed by atoms with Crippen molar-refractivity contribution >= 4 is 57.2 Å². The predicted octanol–water partition coefficient (Wildman–Crippen LogP) is 7.98. The van der Waals surface area contributed by atoms with Gasteiger partial charge in [-0.3, -0.25) is 28.1 Å². The summed E-state index contributed by atoms with van der Waals surface area (Å²) in [4.78, 5) is 41.9. The number of rotatable bonds is 14. The number of hydrogen-bond acceptors (Lipinski definition) is 10. The zero-order valence-corrected chi connectivity index (χ0v) is 34.5. The first-order valence-corrected chi connectivity index (χ1v) is 20.4. The second-order valence-corrected chi connectivity index (χ2v) is 15.5. The van der Waals surface area contributed by atoms with Gasteiger partial charge >= 0.3 is 6.55 Å². The maximum absolute atomic E-state index is 15.5. The summed E-state index contributed by atoms with van der Waals surface area (Å²) in [6, 6.07) is 6.48. The van der Waals surface area contributed by atoms with Crippen molar-refractivity contribution in [2.24, 2.45) is 13.0 Å². The molecule has 0 saturated heterocycles. The monoisotopic (exact) mass is 921 g/mol. The van der Waals surface area contributed by atoms with Gasteiger partial charge < -0.3 is 14.8 Å².